The topological polar surface area (TPSA) is 199 Å². The Morgan fingerprint density at radius 2 is 0.968 bits per heavy atom. The molecule has 0 aromatic rings. The largest absolute Gasteiger partial charge is 0.458 e. The number of aliphatic hydroxyl groups is 6. The van der Waals surface area contributed by atoms with Crippen LogP contribution in [-0.2, 0) is 19.1 Å². The third-order valence-corrected chi connectivity index (χ3v) is 21.0. The molecule has 0 amide bonds. The van der Waals surface area contributed by atoms with E-state index in [2.05, 4.69) is 26.3 Å². The van der Waals surface area contributed by atoms with E-state index in [0.717, 1.165) is 68.9 Å². The molecule has 12 nitrogen and oxygen atoms in total. The van der Waals surface area contributed by atoms with Gasteiger partial charge in [0.25, 0.3) is 0 Å². The lowest BCUT2D eigenvalue weighted by atomic mass is 9.41. The molecule has 16 atom stereocenters. The summed E-state index contributed by atoms with van der Waals surface area (Å²) < 4.78 is 10.6. The first-order valence-electron chi connectivity index (χ1n) is 25.0. The lowest BCUT2D eigenvalue weighted by Gasteiger charge is -2.65. The number of nitrogens with zero attached hydrogens (tertiary/aromatic N) is 2. The van der Waals surface area contributed by atoms with E-state index in [-0.39, 0.29) is 58.3 Å². The minimum Gasteiger partial charge on any atom is -0.458 e. The smallest absolute Gasteiger partial charge is 0.331 e. The van der Waals surface area contributed by atoms with Crippen molar-refractivity contribution in [2.24, 2.45) is 67.2 Å². The molecule has 6 N–H and O–H groups in total. The van der Waals surface area contributed by atoms with Crippen molar-refractivity contribution < 1.29 is 49.7 Å². The van der Waals surface area contributed by atoms with Gasteiger partial charge in [-0.1, -0.05) is 13.8 Å². The molecule has 0 aromatic carbocycles. The highest BCUT2D eigenvalue weighted by Gasteiger charge is 2.73. The second-order valence-electron chi connectivity index (χ2n) is 23.2. The second-order valence-corrected chi connectivity index (χ2v) is 23.2. The molecule has 12 heteroatoms. The molecule has 0 spiro atoms. The zero-order valence-corrected chi connectivity index (χ0v) is 37.8. The first-order valence-corrected chi connectivity index (χ1v) is 25.0. The van der Waals surface area contributed by atoms with E-state index >= 15 is 0 Å². The van der Waals surface area contributed by atoms with Crippen LogP contribution >= 0.6 is 0 Å². The van der Waals surface area contributed by atoms with Gasteiger partial charge in [0, 0.05) is 72.2 Å². The van der Waals surface area contributed by atoms with Crippen LogP contribution in [0.2, 0.25) is 0 Å². The summed E-state index contributed by atoms with van der Waals surface area (Å²) in [7, 11) is 0. The average molecular weight is 875 g/mol. The molecule has 10 aliphatic rings. The molecule has 10 rings (SSSR count). The van der Waals surface area contributed by atoms with Gasteiger partial charge in [-0.15, -0.1) is 0 Å². The SMILES string of the molecule is CC12CC[C@H]3C(CCC4(O)CC(O)CC[C@]34C=NCCCCCN=C[C@]34CCC(O)CC3(O)CCC3[C@@H]4CCC4(C)[C@H](C5=CC(=O)OC5)CCC34O)C1(O)CC[C@H]2C1=CC(=O)OC1. The number of hydrogen-bond acceptors (Lipinski definition) is 12. The van der Waals surface area contributed by atoms with Gasteiger partial charge in [0.1, 0.15) is 13.2 Å². The Kier molecular flexibility index (Phi) is 10.9. The van der Waals surface area contributed by atoms with Crippen LogP contribution in [0.25, 0.3) is 0 Å². The fourth-order valence-corrected chi connectivity index (χ4v) is 17.8. The summed E-state index contributed by atoms with van der Waals surface area (Å²) in [5.74, 6) is -0.296. The standard InChI is InChI=1S/C51H74N2O10/c1-44-14-8-38-40(50(44,60)20-12-36(44)32-24-42(56)62-28-32)10-18-48(58)26-34(54)6-16-46(38,48)30-52-22-4-3-5-23-53-31-47-17-7-35(55)27-49(47,59)19-11-41-39(47)9-15-45(2)37(13-21-51(41,45)61)33-25-43(57)63-29-33/h24-25,30-31,34-41,54-55,58-61H,3-23,26-29H2,1-2H3/t34?,35?,36-,37-,38-,39-,40?,41?,44?,45?,46-,47-,48?,49?,50?,51?/m0/s1. The van der Waals surface area contributed by atoms with Gasteiger partial charge in [-0.2, -0.15) is 0 Å². The molecule has 8 aliphatic carbocycles. The van der Waals surface area contributed by atoms with Crippen LogP contribution in [0, 0.1) is 57.2 Å². The summed E-state index contributed by atoms with van der Waals surface area (Å²) >= 11 is 0. The van der Waals surface area contributed by atoms with Crippen LogP contribution in [-0.4, -0.2) is 116 Å². The van der Waals surface area contributed by atoms with Gasteiger partial charge in [0.2, 0.25) is 0 Å². The fraction of sp³-hybridized carbons (Fsp3) is 0.843. The van der Waals surface area contributed by atoms with Crippen molar-refractivity contribution in [3.8, 4) is 0 Å². The van der Waals surface area contributed by atoms with E-state index < -0.39 is 45.4 Å². The number of carbonyl (C=O) groups excluding carboxylic acids is 2. The molecule has 0 saturated heterocycles. The van der Waals surface area contributed by atoms with E-state index in [4.69, 9.17) is 19.5 Å². The van der Waals surface area contributed by atoms with E-state index in [1.54, 1.807) is 12.2 Å². The van der Waals surface area contributed by atoms with Crippen LogP contribution in [0.15, 0.2) is 33.3 Å². The molecule has 63 heavy (non-hydrogen) atoms. The summed E-state index contributed by atoms with van der Waals surface area (Å²) in [6, 6.07) is 0. The van der Waals surface area contributed by atoms with Crippen LogP contribution in [0.5, 0.6) is 0 Å². The van der Waals surface area contributed by atoms with Crippen molar-refractivity contribution in [3.05, 3.63) is 23.3 Å². The quantitative estimate of drug-likeness (QED) is 0.0897. The Morgan fingerprint density at radius 3 is 1.37 bits per heavy atom. The number of rotatable bonds is 10. The van der Waals surface area contributed by atoms with Gasteiger partial charge in [-0.05, 0) is 169 Å². The maximum absolute atomic E-state index is 12.8. The molecule has 10 unspecified atom stereocenters. The number of esters is 2. The summed E-state index contributed by atoms with van der Waals surface area (Å²) in [6.07, 6.45) is 20.9. The summed E-state index contributed by atoms with van der Waals surface area (Å²) in [6.45, 7) is 6.29. The van der Waals surface area contributed by atoms with Gasteiger partial charge >= 0.3 is 11.9 Å². The van der Waals surface area contributed by atoms with E-state index in [9.17, 15) is 40.2 Å². The first kappa shape index (κ1) is 44.4. The van der Waals surface area contributed by atoms with Gasteiger partial charge in [-0.3, -0.25) is 9.98 Å². The average Bonchev–Trinajstić information content (AvgIpc) is 4.00. The molecule has 8 saturated carbocycles. The number of unbranched alkanes of at least 4 members (excludes halogenated alkanes) is 2. The van der Waals surface area contributed by atoms with Gasteiger partial charge in [0.15, 0.2) is 0 Å². The van der Waals surface area contributed by atoms with E-state index in [0.29, 0.717) is 103 Å². The minimum atomic E-state index is -1.08. The highest BCUT2D eigenvalue weighted by molar-refractivity contribution is 5.86. The van der Waals surface area contributed by atoms with Gasteiger partial charge in [0.05, 0.1) is 34.6 Å². The molecule has 0 bridgehead atoms. The Hall–Kier alpha value is -2.48. The minimum absolute atomic E-state index is 0.00329. The van der Waals surface area contributed by atoms with Crippen molar-refractivity contribution in [1.82, 2.24) is 0 Å². The molecule has 348 valence electrons. The van der Waals surface area contributed by atoms with E-state index in [1.807, 2.05) is 0 Å². The molecule has 0 aromatic heterocycles. The fourth-order valence-electron chi connectivity index (χ4n) is 17.8. The number of hydrogen-bond donors (Lipinski definition) is 6. The summed E-state index contributed by atoms with van der Waals surface area (Å²) in [5.41, 5.74) is -3.97. The summed E-state index contributed by atoms with van der Waals surface area (Å²) in [4.78, 5) is 34.2. The summed E-state index contributed by atoms with van der Waals surface area (Å²) in [5, 5.41) is 72.1. The molecule has 2 heterocycles. The normalized spacial score (nSPS) is 51.4. The predicted octanol–water partition coefficient (Wildman–Crippen LogP) is 5.72. The lowest BCUT2D eigenvalue weighted by Crippen LogP contribution is -2.68. The Labute approximate surface area is 373 Å². The Balaban J connectivity index is 0.800. The van der Waals surface area contributed by atoms with Gasteiger partial charge < -0.3 is 40.1 Å². The highest BCUT2D eigenvalue weighted by atomic mass is 16.5. The van der Waals surface area contributed by atoms with Crippen molar-refractivity contribution in [3.63, 3.8) is 0 Å². The lowest BCUT2D eigenvalue weighted by molar-refractivity contribution is -0.237. The molecular formula is C51H74N2O10. The van der Waals surface area contributed by atoms with Crippen molar-refractivity contribution in [1.29, 1.82) is 0 Å². The zero-order valence-electron chi connectivity index (χ0n) is 37.8. The maximum atomic E-state index is 12.8. The van der Waals surface area contributed by atoms with Crippen LogP contribution < -0.4 is 0 Å². The Morgan fingerprint density at radius 1 is 0.556 bits per heavy atom. The second kappa shape index (κ2) is 15.5. The third-order valence-electron chi connectivity index (χ3n) is 21.0. The predicted molar refractivity (Wildman–Crippen MR) is 236 cm³/mol. The molecule has 8 fully saturated rings. The van der Waals surface area contributed by atoms with E-state index in [1.165, 1.54) is 0 Å². The zero-order chi connectivity index (χ0) is 44.3. The number of aliphatic hydroxyl groups excluding tert-OH is 2. The monoisotopic (exact) mass is 875 g/mol. The van der Waals surface area contributed by atoms with Crippen LogP contribution in [0.4, 0.5) is 0 Å². The van der Waals surface area contributed by atoms with Crippen LogP contribution in [0.3, 0.4) is 0 Å². The maximum Gasteiger partial charge on any atom is 0.331 e. The number of fused-ring (bicyclic) bond motifs is 10. The molecule has 2 aliphatic heterocycles. The Bertz CT molecular complexity index is 1830. The van der Waals surface area contributed by atoms with Crippen molar-refractivity contribution in [2.75, 3.05) is 26.3 Å². The van der Waals surface area contributed by atoms with Crippen molar-refractivity contribution in [2.45, 2.75) is 183 Å². The highest BCUT2D eigenvalue weighted by Crippen LogP contribution is 2.72. The first-order chi connectivity index (χ1) is 30.0. The number of ether oxygens (including phenoxy) is 2. The number of aliphatic imine (C=N–C) groups is 2. The van der Waals surface area contributed by atoms with Crippen LogP contribution in [0.1, 0.15) is 149 Å². The number of carbonyl (C=O) groups is 2. The van der Waals surface area contributed by atoms with Crippen molar-refractivity contribution >= 4 is 24.4 Å². The van der Waals surface area contributed by atoms with Gasteiger partial charge in [-0.25, -0.2) is 9.59 Å². The third kappa shape index (κ3) is 6.39. The molecule has 0 radical (unpaired) electrons. The molecular weight excluding hydrogens is 801 g/mol. The number of cyclic esters (lactones) is 2.